The predicted molar refractivity (Wildman–Crippen MR) is 190 cm³/mol. The van der Waals surface area contributed by atoms with Gasteiger partial charge in [0.25, 0.3) is 0 Å². The average Bonchev–Trinajstić information content (AvgIpc) is 3.09. The highest BCUT2D eigenvalue weighted by Crippen LogP contribution is 2.36. The molecule has 0 saturated carbocycles. The molecule has 0 amide bonds. The zero-order valence-electron chi connectivity index (χ0n) is 24.9. The third-order valence-corrected chi connectivity index (χ3v) is 7.62. The van der Waals surface area contributed by atoms with Crippen LogP contribution in [-0.2, 0) is 0 Å². The molecule has 0 N–H and O–H groups in total. The second kappa shape index (κ2) is 14.0. The van der Waals surface area contributed by atoms with Crippen molar-refractivity contribution >= 4 is 40.9 Å². The van der Waals surface area contributed by atoms with Crippen molar-refractivity contribution in [3.63, 3.8) is 0 Å². The molecule has 44 heavy (non-hydrogen) atoms. The Morgan fingerprint density at radius 2 is 0.886 bits per heavy atom. The first-order valence-electron chi connectivity index (χ1n) is 15.0. The molecule has 0 aliphatic heterocycles. The van der Waals surface area contributed by atoms with Gasteiger partial charge in [-0.2, -0.15) is 0 Å². The first-order chi connectivity index (χ1) is 21.7. The molecule has 0 aromatic heterocycles. The minimum absolute atomic E-state index is 1.14. The van der Waals surface area contributed by atoms with Gasteiger partial charge in [0.05, 0.1) is 0 Å². The van der Waals surface area contributed by atoms with Crippen LogP contribution in [0.3, 0.4) is 0 Å². The van der Waals surface area contributed by atoms with E-state index in [0.717, 1.165) is 11.4 Å². The number of rotatable bonds is 9. The van der Waals surface area contributed by atoms with Gasteiger partial charge in [0.15, 0.2) is 0 Å². The standard InChI is InChI=1S/C43H35N/c1-34-33-37(31-32-43(34)44(40-20-10-4-11-21-40)41-22-12-5-13-23-41)30-29-36-27-25-35(26-28-36)15-14-24-42(38-16-6-2-7-17-38)39-18-8-3-9-19-39/h2-33H,1H3. The van der Waals surface area contributed by atoms with Gasteiger partial charge in [-0.1, -0.05) is 158 Å². The molecule has 1 heteroatoms. The molecule has 0 spiro atoms. The first kappa shape index (κ1) is 28.5. The Hall–Kier alpha value is -5.66. The SMILES string of the molecule is Cc1cc(C=Cc2ccc(C=CC=C(c3ccccc3)c3ccccc3)cc2)ccc1N(c1ccccc1)c1ccccc1. The Bertz CT molecular complexity index is 1790. The normalized spacial score (nSPS) is 11.1. The van der Waals surface area contributed by atoms with E-state index < -0.39 is 0 Å². The van der Waals surface area contributed by atoms with Crippen LogP contribution in [0, 0.1) is 6.92 Å². The van der Waals surface area contributed by atoms with Crippen LogP contribution in [0.15, 0.2) is 176 Å². The molecule has 6 aromatic rings. The van der Waals surface area contributed by atoms with E-state index in [-0.39, 0.29) is 0 Å². The third kappa shape index (κ3) is 7.03. The summed E-state index contributed by atoms with van der Waals surface area (Å²) in [4.78, 5) is 2.31. The van der Waals surface area contributed by atoms with Gasteiger partial charge in [0, 0.05) is 17.1 Å². The molecule has 0 aliphatic carbocycles. The van der Waals surface area contributed by atoms with Crippen molar-refractivity contribution in [2.45, 2.75) is 6.92 Å². The van der Waals surface area contributed by atoms with E-state index in [9.17, 15) is 0 Å². The molecule has 1 nitrogen and oxygen atoms in total. The van der Waals surface area contributed by atoms with E-state index in [4.69, 9.17) is 0 Å². The largest absolute Gasteiger partial charge is 0.310 e. The lowest BCUT2D eigenvalue weighted by Crippen LogP contribution is -2.11. The van der Waals surface area contributed by atoms with Gasteiger partial charge < -0.3 is 4.90 Å². The van der Waals surface area contributed by atoms with Crippen LogP contribution in [0.2, 0.25) is 0 Å². The van der Waals surface area contributed by atoms with Crippen LogP contribution in [0.1, 0.15) is 33.4 Å². The van der Waals surface area contributed by atoms with E-state index in [0.29, 0.717) is 0 Å². The number of hydrogen-bond donors (Lipinski definition) is 0. The number of allylic oxidation sites excluding steroid dienone is 2. The zero-order valence-corrected chi connectivity index (χ0v) is 24.9. The van der Waals surface area contributed by atoms with E-state index in [1.54, 1.807) is 0 Å². The number of anilines is 3. The second-order valence-electron chi connectivity index (χ2n) is 10.7. The lowest BCUT2D eigenvalue weighted by molar-refractivity contribution is 1.25. The van der Waals surface area contributed by atoms with Crippen LogP contribution in [0.4, 0.5) is 17.1 Å². The predicted octanol–water partition coefficient (Wildman–Crippen LogP) is 11.8. The number of benzene rings is 6. The van der Waals surface area contributed by atoms with Gasteiger partial charge in [0.1, 0.15) is 0 Å². The fourth-order valence-corrected chi connectivity index (χ4v) is 5.38. The molecule has 0 atom stereocenters. The van der Waals surface area contributed by atoms with Crippen molar-refractivity contribution in [1.29, 1.82) is 0 Å². The Labute approximate surface area is 261 Å². The zero-order chi connectivity index (χ0) is 30.0. The molecular weight excluding hydrogens is 530 g/mol. The minimum Gasteiger partial charge on any atom is -0.310 e. The molecule has 0 fully saturated rings. The summed E-state index contributed by atoms with van der Waals surface area (Å²) >= 11 is 0. The summed E-state index contributed by atoms with van der Waals surface area (Å²) in [7, 11) is 0. The highest BCUT2D eigenvalue weighted by atomic mass is 15.1. The summed E-state index contributed by atoms with van der Waals surface area (Å²) < 4.78 is 0. The van der Waals surface area contributed by atoms with Crippen molar-refractivity contribution in [3.8, 4) is 0 Å². The monoisotopic (exact) mass is 565 g/mol. The van der Waals surface area contributed by atoms with E-state index in [1.165, 1.54) is 44.6 Å². The van der Waals surface area contributed by atoms with E-state index in [1.807, 2.05) is 0 Å². The summed E-state index contributed by atoms with van der Waals surface area (Å²) in [6.07, 6.45) is 10.9. The Balaban J connectivity index is 1.18. The van der Waals surface area contributed by atoms with Crippen LogP contribution in [0.25, 0.3) is 23.8 Å². The second-order valence-corrected chi connectivity index (χ2v) is 10.7. The lowest BCUT2D eigenvalue weighted by Gasteiger charge is -2.27. The fourth-order valence-electron chi connectivity index (χ4n) is 5.38. The molecule has 6 aromatic carbocycles. The molecule has 0 unspecified atom stereocenters. The van der Waals surface area contributed by atoms with Crippen molar-refractivity contribution < 1.29 is 0 Å². The molecule has 0 saturated heterocycles. The highest BCUT2D eigenvalue weighted by molar-refractivity contribution is 5.82. The van der Waals surface area contributed by atoms with Crippen LogP contribution in [0.5, 0.6) is 0 Å². The van der Waals surface area contributed by atoms with Crippen molar-refractivity contribution in [1.82, 2.24) is 0 Å². The third-order valence-electron chi connectivity index (χ3n) is 7.62. The maximum absolute atomic E-state index is 2.31. The summed E-state index contributed by atoms with van der Waals surface area (Å²) in [5.41, 5.74) is 11.8. The van der Waals surface area contributed by atoms with Crippen molar-refractivity contribution in [2.24, 2.45) is 0 Å². The summed E-state index contributed by atoms with van der Waals surface area (Å²) in [5, 5.41) is 0. The minimum atomic E-state index is 1.14. The Morgan fingerprint density at radius 3 is 1.39 bits per heavy atom. The van der Waals surface area contributed by atoms with Gasteiger partial charge in [-0.05, 0) is 82.3 Å². The van der Waals surface area contributed by atoms with E-state index >= 15 is 0 Å². The summed E-state index contributed by atoms with van der Waals surface area (Å²) in [5.74, 6) is 0. The molecule has 0 heterocycles. The quantitative estimate of drug-likeness (QED) is 0.124. The number of aryl methyl sites for hydroxylation is 1. The molecule has 212 valence electrons. The average molecular weight is 566 g/mol. The van der Waals surface area contributed by atoms with Crippen LogP contribution >= 0.6 is 0 Å². The van der Waals surface area contributed by atoms with E-state index in [2.05, 4.69) is 206 Å². The van der Waals surface area contributed by atoms with Gasteiger partial charge >= 0.3 is 0 Å². The molecule has 0 bridgehead atoms. The maximum atomic E-state index is 2.31. The highest BCUT2D eigenvalue weighted by Gasteiger charge is 2.14. The van der Waals surface area contributed by atoms with Crippen LogP contribution in [-0.4, -0.2) is 0 Å². The van der Waals surface area contributed by atoms with Crippen LogP contribution < -0.4 is 4.90 Å². The lowest BCUT2D eigenvalue weighted by atomic mass is 9.97. The van der Waals surface area contributed by atoms with Gasteiger partial charge in [-0.25, -0.2) is 0 Å². The molecule has 0 aliphatic rings. The fraction of sp³-hybridized carbons (Fsp3) is 0.0233. The summed E-state index contributed by atoms with van der Waals surface area (Å²) in [6.45, 7) is 2.18. The number of hydrogen-bond acceptors (Lipinski definition) is 1. The smallest absolute Gasteiger partial charge is 0.0491 e. The molecule has 0 radical (unpaired) electrons. The Kier molecular flexibility index (Phi) is 9.06. The van der Waals surface area contributed by atoms with Crippen molar-refractivity contribution in [2.75, 3.05) is 4.90 Å². The maximum Gasteiger partial charge on any atom is 0.0491 e. The molecule has 6 rings (SSSR count). The molecular formula is C43H35N. The van der Waals surface area contributed by atoms with Gasteiger partial charge in [-0.3, -0.25) is 0 Å². The topological polar surface area (TPSA) is 3.24 Å². The first-order valence-corrected chi connectivity index (χ1v) is 15.0. The number of nitrogens with zero attached hydrogens (tertiary/aromatic N) is 1. The van der Waals surface area contributed by atoms with Gasteiger partial charge in [0.2, 0.25) is 0 Å². The van der Waals surface area contributed by atoms with Gasteiger partial charge in [-0.15, -0.1) is 0 Å². The number of para-hydroxylation sites is 2. The Morgan fingerprint density at radius 1 is 0.455 bits per heavy atom. The van der Waals surface area contributed by atoms with Crippen molar-refractivity contribution in [3.05, 3.63) is 209 Å². The summed E-state index contributed by atoms with van der Waals surface area (Å²) in [6, 6.07) is 57.5.